The fourth-order valence-corrected chi connectivity index (χ4v) is 2.76. The van der Waals surface area contributed by atoms with Crippen LogP contribution >= 0.6 is 11.6 Å². The van der Waals surface area contributed by atoms with Crippen LogP contribution in [-0.2, 0) is 0 Å². The molecule has 0 spiro atoms. The summed E-state index contributed by atoms with van der Waals surface area (Å²) in [6.45, 7) is 2.24. The first-order chi connectivity index (χ1) is 8.33. The van der Waals surface area contributed by atoms with Gasteiger partial charge in [0, 0.05) is 17.5 Å². The molecule has 1 N–H and O–H groups in total. The van der Waals surface area contributed by atoms with Crippen molar-refractivity contribution < 1.29 is 4.74 Å². The van der Waals surface area contributed by atoms with Crippen molar-refractivity contribution in [1.82, 2.24) is 5.32 Å². The second-order valence-corrected chi connectivity index (χ2v) is 5.56. The number of hydrogen-bond acceptors (Lipinski definition) is 2. The van der Waals surface area contributed by atoms with Crippen LogP contribution < -0.4 is 10.1 Å². The molecular weight excluding hydrogens is 234 g/mol. The van der Waals surface area contributed by atoms with Crippen molar-refractivity contribution in [3.63, 3.8) is 0 Å². The molecular formula is C14H18ClNO. The van der Waals surface area contributed by atoms with Gasteiger partial charge < -0.3 is 10.1 Å². The van der Waals surface area contributed by atoms with Crippen LogP contribution in [0.1, 0.15) is 19.3 Å². The highest BCUT2D eigenvalue weighted by Crippen LogP contribution is 2.39. The predicted octanol–water partition coefficient (Wildman–Crippen LogP) is 3.11. The van der Waals surface area contributed by atoms with Crippen molar-refractivity contribution in [1.29, 1.82) is 0 Å². The Bertz CT molecular complexity index is 368. The summed E-state index contributed by atoms with van der Waals surface area (Å²) in [6.07, 6.45) is 4.30. The molecule has 1 aromatic rings. The molecule has 1 aromatic carbocycles. The SMILES string of the molecule is Clc1ccc(OC(C2CC2)[C@H]2CCNC2)cc1. The summed E-state index contributed by atoms with van der Waals surface area (Å²) in [4.78, 5) is 0. The van der Waals surface area contributed by atoms with Crippen LogP contribution in [0.4, 0.5) is 0 Å². The average Bonchev–Trinajstić information content (AvgIpc) is 3.03. The van der Waals surface area contributed by atoms with E-state index >= 15 is 0 Å². The van der Waals surface area contributed by atoms with Crippen LogP contribution in [0.15, 0.2) is 24.3 Å². The maximum absolute atomic E-state index is 6.18. The van der Waals surface area contributed by atoms with Gasteiger partial charge >= 0.3 is 0 Å². The van der Waals surface area contributed by atoms with Crippen LogP contribution in [0.3, 0.4) is 0 Å². The number of benzene rings is 1. The van der Waals surface area contributed by atoms with E-state index in [4.69, 9.17) is 16.3 Å². The molecule has 0 radical (unpaired) electrons. The molecule has 1 aliphatic carbocycles. The number of rotatable bonds is 4. The van der Waals surface area contributed by atoms with E-state index in [0.29, 0.717) is 12.0 Å². The van der Waals surface area contributed by atoms with Crippen molar-refractivity contribution >= 4 is 11.6 Å². The molecule has 1 unspecified atom stereocenters. The highest BCUT2D eigenvalue weighted by Gasteiger charge is 2.39. The van der Waals surface area contributed by atoms with E-state index in [-0.39, 0.29) is 0 Å². The molecule has 3 rings (SSSR count). The molecule has 1 heterocycles. The van der Waals surface area contributed by atoms with Gasteiger partial charge in [-0.3, -0.25) is 0 Å². The normalized spacial score (nSPS) is 25.8. The minimum Gasteiger partial charge on any atom is -0.490 e. The summed E-state index contributed by atoms with van der Waals surface area (Å²) in [5, 5.41) is 4.20. The average molecular weight is 252 g/mol. The topological polar surface area (TPSA) is 21.3 Å². The Morgan fingerprint density at radius 3 is 2.47 bits per heavy atom. The van der Waals surface area contributed by atoms with Crippen molar-refractivity contribution in [3.8, 4) is 5.75 Å². The lowest BCUT2D eigenvalue weighted by molar-refractivity contribution is 0.121. The zero-order valence-electron chi connectivity index (χ0n) is 9.86. The van der Waals surface area contributed by atoms with Crippen molar-refractivity contribution in [2.24, 2.45) is 11.8 Å². The van der Waals surface area contributed by atoms with Gasteiger partial charge in [-0.2, -0.15) is 0 Å². The fraction of sp³-hybridized carbons (Fsp3) is 0.571. The second kappa shape index (κ2) is 4.87. The second-order valence-electron chi connectivity index (χ2n) is 5.13. The lowest BCUT2D eigenvalue weighted by Crippen LogP contribution is -2.30. The molecule has 1 aliphatic heterocycles. The summed E-state index contributed by atoms with van der Waals surface area (Å²) in [7, 11) is 0. The largest absolute Gasteiger partial charge is 0.490 e. The summed E-state index contributed by atoms with van der Waals surface area (Å²) >= 11 is 5.88. The molecule has 1 saturated heterocycles. The lowest BCUT2D eigenvalue weighted by atomic mass is 9.97. The molecule has 3 heteroatoms. The molecule has 17 heavy (non-hydrogen) atoms. The molecule has 92 valence electrons. The minimum absolute atomic E-state index is 0.395. The molecule has 0 amide bonds. The molecule has 2 atom stereocenters. The number of hydrogen-bond donors (Lipinski definition) is 1. The Hall–Kier alpha value is -0.730. The molecule has 2 fully saturated rings. The molecule has 0 aromatic heterocycles. The Morgan fingerprint density at radius 2 is 1.88 bits per heavy atom. The first-order valence-electron chi connectivity index (χ1n) is 6.46. The Balaban J connectivity index is 1.69. The highest BCUT2D eigenvalue weighted by molar-refractivity contribution is 6.30. The van der Waals surface area contributed by atoms with Gasteiger partial charge in [-0.25, -0.2) is 0 Å². The minimum atomic E-state index is 0.395. The molecule has 1 saturated carbocycles. The summed E-state index contributed by atoms with van der Waals surface area (Å²) < 4.78 is 6.18. The van der Waals surface area contributed by atoms with Crippen molar-refractivity contribution in [2.75, 3.05) is 13.1 Å². The number of nitrogens with one attached hydrogen (secondary N) is 1. The van der Waals surface area contributed by atoms with Crippen LogP contribution in [0.25, 0.3) is 0 Å². The molecule has 2 nitrogen and oxygen atoms in total. The van der Waals surface area contributed by atoms with Crippen molar-refractivity contribution in [2.45, 2.75) is 25.4 Å². The quantitative estimate of drug-likeness (QED) is 0.888. The van der Waals surface area contributed by atoms with Gasteiger partial charge in [-0.15, -0.1) is 0 Å². The van der Waals surface area contributed by atoms with E-state index in [1.54, 1.807) is 0 Å². The third kappa shape index (κ3) is 2.75. The standard InChI is InChI=1S/C14H18ClNO/c15-12-3-5-13(6-4-12)17-14(10-1-2-10)11-7-8-16-9-11/h3-6,10-11,14,16H,1-2,7-9H2/t11-,14?/m0/s1. The summed E-state index contributed by atoms with van der Waals surface area (Å²) in [5.74, 6) is 2.41. The Morgan fingerprint density at radius 1 is 1.12 bits per heavy atom. The van der Waals surface area contributed by atoms with Gasteiger partial charge in [-0.1, -0.05) is 11.6 Å². The number of halogens is 1. The summed E-state index contributed by atoms with van der Waals surface area (Å²) in [5.41, 5.74) is 0. The number of ether oxygens (including phenoxy) is 1. The predicted molar refractivity (Wildman–Crippen MR) is 69.6 cm³/mol. The fourth-order valence-electron chi connectivity index (χ4n) is 2.63. The van der Waals surface area contributed by atoms with Gasteiger partial charge in [0.15, 0.2) is 0 Å². The van der Waals surface area contributed by atoms with E-state index in [0.717, 1.165) is 29.8 Å². The van der Waals surface area contributed by atoms with Crippen LogP contribution in [0.5, 0.6) is 5.75 Å². The first kappa shape index (κ1) is 11.4. The highest BCUT2D eigenvalue weighted by atomic mass is 35.5. The Labute approximate surface area is 107 Å². The monoisotopic (exact) mass is 251 g/mol. The van der Waals surface area contributed by atoms with Crippen LogP contribution in [0, 0.1) is 11.8 Å². The smallest absolute Gasteiger partial charge is 0.119 e. The van der Waals surface area contributed by atoms with Gasteiger partial charge in [0.25, 0.3) is 0 Å². The zero-order valence-corrected chi connectivity index (χ0v) is 10.6. The van der Waals surface area contributed by atoms with E-state index in [9.17, 15) is 0 Å². The maximum atomic E-state index is 6.18. The zero-order chi connectivity index (χ0) is 11.7. The van der Waals surface area contributed by atoms with E-state index in [2.05, 4.69) is 5.32 Å². The van der Waals surface area contributed by atoms with Gasteiger partial charge in [0.1, 0.15) is 11.9 Å². The van der Waals surface area contributed by atoms with Gasteiger partial charge in [0.2, 0.25) is 0 Å². The van der Waals surface area contributed by atoms with Crippen molar-refractivity contribution in [3.05, 3.63) is 29.3 Å². The van der Waals surface area contributed by atoms with Crippen LogP contribution in [-0.4, -0.2) is 19.2 Å². The third-order valence-electron chi connectivity index (χ3n) is 3.74. The van der Waals surface area contributed by atoms with E-state index < -0.39 is 0 Å². The lowest BCUT2D eigenvalue weighted by Gasteiger charge is -2.24. The maximum Gasteiger partial charge on any atom is 0.119 e. The summed E-state index contributed by atoms with van der Waals surface area (Å²) in [6, 6.07) is 7.74. The molecule has 0 bridgehead atoms. The van der Waals surface area contributed by atoms with Gasteiger partial charge in [-0.05, 0) is 56.0 Å². The molecule has 2 aliphatic rings. The Kier molecular flexibility index (Phi) is 3.26. The van der Waals surface area contributed by atoms with Crippen LogP contribution in [0.2, 0.25) is 5.02 Å². The van der Waals surface area contributed by atoms with E-state index in [1.165, 1.54) is 19.3 Å². The van der Waals surface area contributed by atoms with E-state index in [1.807, 2.05) is 24.3 Å². The van der Waals surface area contributed by atoms with Gasteiger partial charge in [0.05, 0.1) is 0 Å². The third-order valence-corrected chi connectivity index (χ3v) is 3.99. The first-order valence-corrected chi connectivity index (χ1v) is 6.83.